The van der Waals surface area contributed by atoms with Crippen molar-refractivity contribution in [1.29, 1.82) is 0 Å². The van der Waals surface area contributed by atoms with Crippen LogP contribution in [-0.4, -0.2) is 4.98 Å². The summed E-state index contributed by atoms with van der Waals surface area (Å²) in [4.78, 5) is 4.77. The summed E-state index contributed by atoms with van der Waals surface area (Å²) < 4.78 is 0. The molecule has 0 bridgehead atoms. The fourth-order valence-electron chi connectivity index (χ4n) is 2.75. The minimum absolute atomic E-state index is 0.623. The maximum absolute atomic E-state index is 6.37. The normalized spacial score (nSPS) is 16.8. The predicted molar refractivity (Wildman–Crippen MR) is 72.7 cm³/mol. The minimum atomic E-state index is 0.623. The minimum Gasteiger partial charge on any atom is -0.252 e. The molecule has 1 aliphatic carbocycles. The smallest absolute Gasteiger partial charge is 0.0720 e. The number of pyridine rings is 1. The van der Waals surface area contributed by atoms with Crippen LogP contribution >= 0.6 is 11.6 Å². The summed E-state index contributed by atoms with van der Waals surface area (Å²) in [7, 11) is 0. The van der Waals surface area contributed by atoms with Gasteiger partial charge in [0.15, 0.2) is 0 Å². The van der Waals surface area contributed by atoms with Crippen molar-refractivity contribution in [2.24, 2.45) is 0 Å². The maximum Gasteiger partial charge on any atom is 0.0720 e. The molecule has 0 amide bonds. The third-order valence-electron chi connectivity index (χ3n) is 3.71. The highest BCUT2D eigenvalue weighted by molar-refractivity contribution is 6.35. The highest BCUT2D eigenvalue weighted by Crippen LogP contribution is 2.35. The molecule has 2 aromatic rings. The van der Waals surface area contributed by atoms with E-state index in [-0.39, 0.29) is 0 Å². The Bertz CT molecular complexity index is 556. The molecule has 0 N–H and O–H groups in total. The molecule has 88 valence electrons. The molecule has 3 rings (SSSR count). The first-order valence-corrected chi connectivity index (χ1v) is 6.68. The average molecular weight is 246 g/mol. The molecule has 0 aliphatic heterocycles. The summed E-state index contributed by atoms with van der Waals surface area (Å²) in [6, 6.07) is 8.36. The van der Waals surface area contributed by atoms with Gasteiger partial charge in [0.25, 0.3) is 0 Å². The largest absolute Gasteiger partial charge is 0.252 e. The van der Waals surface area contributed by atoms with Crippen LogP contribution in [0.2, 0.25) is 5.02 Å². The Morgan fingerprint density at radius 3 is 2.71 bits per heavy atom. The Balaban J connectivity index is 2.13. The highest BCUT2D eigenvalue weighted by Gasteiger charge is 2.19. The zero-order valence-corrected chi connectivity index (χ0v) is 10.8. The Morgan fingerprint density at radius 1 is 1.18 bits per heavy atom. The van der Waals surface area contributed by atoms with Crippen molar-refractivity contribution in [3.8, 4) is 0 Å². The fraction of sp³-hybridized carbons (Fsp3) is 0.400. The third-order valence-corrected chi connectivity index (χ3v) is 4.02. The van der Waals surface area contributed by atoms with Crippen molar-refractivity contribution < 1.29 is 0 Å². The first-order chi connectivity index (χ1) is 8.24. The lowest BCUT2D eigenvalue weighted by Crippen LogP contribution is -1.97. The molecular formula is C15H16ClN. The Morgan fingerprint density at radius 2 is 1.94 bits per heavy atom. The second kappa shape index (κ2) is 4.30. The first kappa shape index (κ1) is 11.0. The molecule has 1 saturated carbocycles. The van der Waals surface area contributed by atoms with Gasteiger partial charge in [0.1, 0.15) is 0 Å². The number of rotatable bonds is 1. The number of hydrogen-bond donors (Lipinski definition) is 0. The monoisotopic (exact) mass is 245 g/mol. The van der Waals surface area contributed by atoms with Gasteiger partial charge in [-0.1, -0.05) is 36.1 Å². The molecule has 0 saturated heterocycles. The molecule has 1 nitrogen and oxygen atoms in total. The number of fused-ring (bicyclic) bond motifs is 1. The lowest BCUT2D eigenvalue weighted by Gasteiger charge is -2.11. The third kappa shape index (κ3) is 2.04. The topological polar surface area (TPSA) is 12.9 Å². The van der Waals surface area contributed by atoms with Gasteiger partial charge in [0, 0.05) is 17.0 Å². The van der Waals surface area contributed by atoms with Crippen molar-refractivity contribution in [2.75, 3.05) is 0 Å². The van der Waals surface area contributed by atoms with E-state index in [0.717, 1.165) is 15.9 Å². The Kier molecular flexibility index (Phi) is 2.79. The van der Waals surface area contributed by atoms with Crippen LogP contribution in [-0.2, 0) is 0 Å². The molecule has 0 unspecified atom stereocenters. The van der Waals surface area contributed by atoms with Crippen molar-refractivity contribution in [2.45, 2.75) is 38.5 Å². The van der Waals surface area contributed by atoms with E-state index in [1.165, 1.54) is 36.9 Å². The SMILES string of the molecule is Cc1ccc2nc(C3CCCC3)cc(Cl)c2c1. The lowest BCUT2D eigenvalue weighted by molar-refractivity contribution is 0.701. The first-order valence-electron chi connectivity index (χ1n) is 6.31. The number of halogens is 1. The molecule has 1 fully saturated rings. The quantitative estimate of drug-likeness (QED) is 0.700. The van der Waals surface area contributed by atoms with Gasteiger partial charge in [0.2, 0.25) is 0 Å². The molecule has 17 heavy (non-hydrogen) atoms. The van der Waals surface area contributed by atoms with E-state index in [4.69, 9.17) is 16.6 Å². The van der Waals surface area contributed by atoms with Gasteiger partial charge in [-0.05, 0) is 38.0 Å². The van der Waals surface area contributed by atoms with Crippen LogP contribution in [0.4, 0.5) is 0 Å². The second-order valence-electron chi connectivity index (χ2n) is 5.03. The van der Waals surface area contributed by atoms with Crippen LogP contribution in [0.5, 0.6) is 0 Å². The summed E-state index contributed by atoms with van der Waals surface area (Å²) in [5.41, 5.74) is 3.45. The standard InChI is InChI=1S/C15H16ClN/c1-10-6-7-14-12(8-10)13(16)9-15(17-14)11-4-2-3-5-11/h6-9,11H,2-5H2,1H3. The average Bonchev–Trinajstić information content (AvgIpc) is 2.83. The molecule has 2 heteroatoms. The lowest BCUT2D eigenvalue weighted by atomic mass is 10.0. The van der Waals surface area contributed by atoms with Gasteiger partial charge in [-0.3, -0.25) is 4.98 Å². The van der Waals surface area contributed by atoms with Crippen molar-refractivity contribution in [1.82, 2.24) is 4.98 Å². The predicted octanol–water partition coefficient (Wildman–Crippen LogP) is 4.85. The molecule has 1 aromatic heterocycles. The number of aromatic nitrogens is 1. The van der Waals surface area contributed by atoms with Crippen LogP contribution in [0.25, 0.3) is 10.9 Å². The van der Waals surface area contributed by atoms with Gasteiger partial charge in [0.05, 0.1) is 10.5 Å². The number of nitrogens with zero attached hydrogens (tertiary/aromatic N) is 1. The molecule has 0 spiro atoms. The summed E-state index contributed by atoms with van der Waals surface area (Å²) in [6.07, 6.45) is 5.19. The van der Waals surface area contributed by atoms with Gasteiger partial charge >= 0.3 is 0 Å². The molecule has 1 aromatic carbocycles. The van der Waals surface area contributed by atoms with Crippen molar-refractivity contribution in [3.63, 3.8) is 0 Å². The van der Waals surface area contributed by atoms with Crippen LogP contribution in [0.15, 0.2) is 24.3 Å². The van der Waals surface area contributed by atoms with Gasteiger partial charge in [-0.2, -0.15) is 0 Å². The number of benzene rings is 1. The van der Waals surface area contributed by atoms with E-state index in [1.54, 1.807) is 0 Å². The van der Waals surface area contributed by atoms with E-state index in [2.05, 4.69) is 31.2 Å². The molecular weight excluding hydrogens is 230 g/mol. The maximum atomic E-state index is 6.37. The Labute approximate surface area is 107 Å². The summed E-state index contributed by atoms with van der Waals surface area (Å²) in [5.74, 6) is 0.623. The van der Waals surface area contributed by atoms with E-state index >= 15 is 0 Å². The number of aryl methyl sites for hydroxylation is 1. The van der Waals surface area contributed by atoms with E-state index in [9.17, 15) is 0 Å². The van der Waals surface area contributed by atoms with E-state index in [0.29, 0.717) is 5.92 Å². The highest BCUT2D eigenvalue weighted by atomic mass is 35.5. The second-order valence-corrected chi connectivity index (χ2v) is 5.44. The zero-order chi connectivity index (χ0) is 11.8. The van der Waals surface area contributed by atoms with E-state index in [1.807, 2.05) is 0 Å². The number of hydrogen-bond acceptors (Lipinski definition) is 1. The van der Waals surface area contributed by atoms with Gasteiger partial charge in [-0.15, -0.1) is 0 Å². The zero-order valence-electron chi connectivity index (χ0n) is 10.0. The van der Waals surface area contributed by atoms with Gasteiger partial charge < -0.3 is 0 Å². The van der Waals surface area contributed by atoms with Crippen LogP contribution < -0.4 is 0 Å². The molecule has 0 atom stereocenters. The molecule has 0 radical (unpaired) electrons. The fourth-order valence-corrected chi connectivity index (χ4v) is 3.01. The summed E-state index contributed by atoms with van der Waals surface area (Å²) >= 11 is 6.37. The molecule has 1 heterocycles. The van der Waals surface area contributed by atoms with Crippen molar-refractivity contribution in [3.05, 3.63) is 40.5 Å². The Hall–Kier alpha value is -1.08. The van der Waals surface area contributed by atoms with Crippen molar-refractivity contribution >= 4 is 22.5 Å². The van der Waals surface area contributed by atoms with Crippen LogP contribution in [0, 0.1) is 6.92 Å². The summed E-state index contributed by atoms with van der Waals surface area (Å²) in [5, 5.41) is 1.93. The molecule has 1 aliphatic rings. The summed E-state index contributed by atoms with van der Waals surface area (Å²) in [6.45, 7) is 2.08. The van der Waals surface area contributed by atoms with Crippen LogP contribution in [0.1, 0.15) is 42.9 Å². The van der Waals surface area contributed by atoms with Gasteiger partial charge in [-0.25, -0.2) is 0 Å². The van der Waals surface area contributed by atoms with Crippen LogP contribution in [0.3, 0.4) is 0 Å². The van der Waals surface area contributed by atoms with E-state index < -0.39 is 0 Å².